The molecule has 1 aliphatic heterocycles. The largest absolute Gasteiger partial charge is 0.454 e. The molecule has 2 aromatic rings. The monoisotopic (exact) mass is 416 g/mol. The Bertz CT molecular complexity index is 965. The number of nitrogens with one attached hydrogen (secondary N) is 1. The van der Waals surface area contributed by atoms with E-state index in [0.717, 1.165) is 4.31 Å². The summed E-state index contributed by atoms with van der Waals surface area (Å²) in [6.45, 7) is -0.284. The Morgan fingerprint density at radius 1 is 1.15 bits per heavy atom. The van der Waals surface area contributed by atoms with E-state index in [1.165, 1.54) is 25.2 Å². The van der Waals surface area contributed by atoms with Crippen molar-refractivity contribution in [3.05, 3.63) is 46.4 Å². The van der Waals surface area contributed by atoms with Crippen molar-refractivity contribution in [2.75, 3.05) is 25.7 Å². The molecule has 0 aliphatic carbocycles. The number of likely N-dealkylation sites (N-methyl/N-ethyl adjacent to an activating group) is 1. The molecule has 1 N–H and O–H groups in total. The number of rotatable bonds is 5. The summed E-state index contributed by atoms with van der Waals surface area (Å²) in [6.07, 6.45) is 0. The van der Waals surface area contributed by atoms with E-state index in [4.69, 9.17) is 32.7 Å². The van der Waals surface area contributed by atoms with Crippen molar-refractivity contribution in [1.29, 1.82) is 0 Å². The zero-order valence-electron chi connectivity index (χ0n) is 13.5. The van der Waals surface area contributed by atoms with Gasteiger partial charge in [0.25, 0.3) is 0 Å². The van der Waals surface area contributed by atoms with E-state index in [0.29, 0.717) is 17.2 Å². The predicted octanol–water partition coefficient (Wildman–Crippen LogP) is 2.98. The lowest BCUT2D eigenvalue weighted by atomic mass is 10.3. The summed E-state index contributed by atoms with van der Waals surface area (Å²) >= 11 is 11.8. The minimum atomic E-state index is -3.98. The third-order valence-electron chi connectivity index (χ3n) is 3.60. The Morgan fingerprint density at radius 2 is 1.88 bits per heavy atom. The van der Waals surface area contributed by atoms with Gasteiger partial charge in [-0.2, -0.15) is 4.31 Å². The smallest absolute Gasteiger partial charge is 0.244 e. The van der Waals surface area contributed by atoms with Crippen LogP contribution in [0.2, 0.25) is 10.0 Å². The Kier molecular flexibility index (Phi) is 5.29. The minimum Gasteiger partial charge on any atom is -0.454 e. The second-order valence-corrected chi connectivity index (χ2v) is 8.31. The van der Waals surface area contributed by atoms with Gasteiger partial charge in [-0.15, -0.1) is 0 Å². The van der Waals surface area contributed by atoms with Gasteiger partial charge in [0.05, 0.1) is 11.6 Å². The zero-order chi connectivity index (χ0) is 18.9. The number of sulfonamides is 1. The Balaban J connectivity index is 1.71. The molecule has 0 unspecified atom stereocenters. The van der Waals surface area contributed by atoms with Gasteiger partial charge in [0.15, 0.2) is 11.5 Å². The lowest BCUT2D eigenvalue weighted by molar-refractivity contribution is -0.116. The number of halogens is 2. The summed E-state index contributed by atoms with van der Waals surface area (Å²) in [6, 6.07) is 9.00. The second-order valence-electron chi connectivity index (χ2n) is 5.45. The topological polar surface area (TPSA) is 84.9 Å². The van der Waals surface area contributed by atoms with E-state index in [1.54, 1.807) is 18.2 Å². The molecule has 1 amide bonds. The highest BCUT2D eigenvalue weighted by Gasteiger charge is 2.26. The fraction of sp³-hybridized carbons (Fsp3) is 0.188. The van der Waals surface area contributed by atoms with Crippen LogP contribution in [0.3, 0.4) is 0 Å². The maximum absolute atomic E-state index is 12.6. The van der Waals surface area contributed by atoms with Crippen molar-refractivity contribution in [3.8, 4) is 11.5 Å². The van der Waals surface area contributed by atoms with E-state index in [9.17, 15) is 13.2 Å². The van der Waals surface area contributed by atoms with Gasteiger partial charge in [0.1, 0.15) is 4.90 Å². The third kappa shape index (κ3) is 3.88. The van der Waals surface area contributed by atoms with E-state index in [2.05, 4.69) is 5.32 Å². The first-order chi connectivity index (χ1) is 12.3. The van der Waals surface area contributed by atoms with E-state index < -0.39 is 22.5 Å². The molecule has 0 bridgehead atoms. The number of hydrogen-bond acceptors (Lipinski definition) is 5. The quantitative estimate of drug-likeness (QED) is 0.809. The molecule has 0 spiro atoms. The molecule has 0 fully saturated rings. The van der Waals surface area contributed by atoms with Crippen LogP contribution < -0.4 is 14.8 Å². The van der Waals surface area contributed by atoms with Crippen molar-refractivity contribution in [3.63, 3.8) is 0 Å². The van der Waals surface area contributed by atoms with Crippen LogP contribution >= 0.6 is 23.2 Å². The van der Waals surface area contributed by atoms with Crippen LogP contribution in [-0.2, 0) is 14.8 Å². The number of fused-ring (bicyclic) bond motifs is 1. The van der Waals surface area contributed by atoms with Crippen LogP contribution in [0.15, 0.2) is 41.3 Å². The van der Waals surface area contributed by atoms with Gasteiger partial charge in [-0.1, -0.05) is 23.2 Å². The number of anilines is 1. The molecule has 2 aromatic carbocycles. The number of benzene rings is 2. The van der Waals surface area contributed by atoms with Crippen molar-refractivity contribution in [2.45, 2.75) is 4.90 Å². The highest BCUT2D eigenvalue weighted by molar-refractivity contribution is 7.89. The molecule has 138 valence electrons. The molecule has 1 aliphatic rings. The Labute approximate surface area is 160 Å². The van der Waals surface area contributed by atoms with Gasteiger partial charge < -0.3 is 14.8 Å². The highest BCUT2D eigenvalue weighted by Crippen LogP contribution is 2.34. The molecular formula is C16H14Cl2N2O5S. The van der Waals surface area contributed by atoms with Crippen LogP contribution in [0.1, 0.15) is 0 Å². The van der Waals surface area contributed by atoms with Crippen LogP contribution in [0.4, 0.5) is 5.69 Å². The first-order valence-electron chi connectivity index (χ1n) is 7.38. The first kappa shape index (κ1) is 18.8. The van der Waals surface area contributed by atoms with Crippen LogP contribution in [0.25, 0.3) is 0 Å². The molecule has 0 saturated heterocycles. The summed E-state index contributed by atoms with van der Waals surface area (Å²) in [5.74, 6) is 0.570. The maximum Gasteiger partial charge on any atom is 0.244 e. The fourth-order valence-corrected chi connectivity index (χ4v) is 4.16. The maximum atomic E-state index is 12.6. The Morgan fingerprint density at radius 3 is 2.65 bits per heavy atom. The molecule has 1 heterocycles. The van der Waals surface area contributed by atoms with Crippen molar-refractivity contribution in [1.82, 2.24) is 4.31 Å². The van der Waals surface area contributed by atoms with E-state index in [-0.39, 0.29) is 21.7 Å². The van der Waals surface area contributed by atoms with Gasteiger partial charge in [-0.3, -0.25) is 4.79 Å². The van der Waals surface area contributed by atoms with Gasteiger partial charge in [-0.25, -0.2) is 8.42 Å². The SMILES string of the molecule is CN(CC(=O)Nc1ccc2c(c1)OCO2)S(=O)(=O)c1cc(Cl)ccc1Cl. The number of carbonyl (C=O) groups excluding carboxylic acids is 1. The van der Waals surface area contributed by atoms with E-state index >= 15 is 0 Å². The molecular weight excluding hydrogens is 403 g/mol. The molecule has 0 saturated carbocycles. The number of ether oxygens (including phenoxy) is 2. The lowest BCUT2D eigenvalue weighted by Gasteiger charge is -2.18. The predicted molar refractivity (Wildman–Crippen MR) is 97.5 cm³/mol. The minimum absolute atomic E-state index is 0.0254. The summed E-state index contributed by atoms with van der Waals surface area (Å²) in [5.41, 5.74) is 0.464. The standard InChI is InChI=1S/C16H14Cl2N2O5S/c1-20(26(22,23)15-6-10(17)2-4-12(15)18)8-16(21)19-11-3-5-13-14(7-11)25-9-24-13/h2-7H,8-9H2,1H3,(H,19,21). The third-order valence-corrected chi connectivity index (χ3v) is 6.12. The summed E-state index contributed by atoms with van der Waals surface area (Å²) in [4.78, 5) is 12.0. The van der Waals surface area contributed by atoms with Crippen LogP contribution in [-0.4, -0.2) is 39.0 Å². The van der Waals surface area contributed by atoms with Crippen molar-refractivity contribution in [2.24, 2.45) is 0 Å². The van der Waals surface area contributed by atoms with Gasteiger partial charge in [0.2, 0.25) is 22.7 Å². The summed E-state index contributed by atoms with van der Waals surface area (Å²) in [7, 11) is -2.69. The first-order valence-corrected chi connectivity index (χ1v) is 9.58. The average Bonchev–Trinajstić information content (AvgIpc) is 3.04. The number of hydrogen-bond donors (Lipinski definition) is 1. The lowest BCUT2D eigenvalue weighted by Crippen LogP contribution is -2.35. The molecule has 7 nitrogen and oxygen atoms in total. The van der Waals surface area contributed by atoms with Gasteiger partial charge in [-0.05, 0) is 30.3 Å². The normalized spacial score (nSPS) is 13.1. The van der Waals surface area contributed by atoms with Crippen molar-refractivity contribution < 1.29 is 22.7 Å². The highest BCUT2D eigenvalue weighted by atomic mass is 35.5. The summed E-state index contributed by atoms with van der Waals surface area (Å²) in [5, 5.41) is 2.87. The molecule has 26 heavy (non-hydrogen) atoms. The number of carbonyl (C=O) groups is 1. The summed E-state index contributed by atoms with van der Waals surface area (Å²) < 4.78 is 36.5. The average molecular weight is 417 g/mol. The second kappa shape index (κ2) is 7.32. The molecule has 3 rings (SSSR count). The molecule has 10 heteroatoms. The van der Waals surface area contributed by atoms with Crippen LogP contribution in [0, 0.1) is 0 Å². The molecule has 0 atom stereocenters. The molecule has 0 radical (unpaired) electrons. The van der Waals surface area contributed by atoms with Crippen LogP contribution in [0.5, 0.6) is 11.5 Å². The van der Waals surface area contributed by atoms with E-state index in [1.807, 2.05) is 0 Å². The Hall–Kier alpha value is -2.00. The van der Waals surface area contributed by atoms with Crippen molar-refractivity contribution >= 4 is 44.8 Å². The molecule has 0 aromatic heterocycles. The van der Waals surface area contributed by atoms with Gasteiger partial charge in [0, 0.05) is 23.8 Å². The fourth-order valence-electron chi connectivity index (χ4n) is 2.30. The number of amides is 1. The zero-order valence-corrected chi connectivity index (χ0v) is 15.9. The number of nitrogens with zero attached hydrogens (tertiary/aromatic N) is 1. The van der Waals surface area contributed by atoms with Gasteiger partial charge >= 0.3 is 0 Å².